The smallest absolute Gasteiger partial charge is 0.228 e. The Kier molecular flexibility index (Phi) is 7.22. The number of carbonyl (C=O) groups is 1. The van der Waals surface area contributed by atoms with Crippen LogP contribution in [0.1, 0.15) is 24.5 Å². The molecule has 3 rings (SSSR count). The first kappa shape index (κ1) is 21.0. The summed E-state index contributed by atoms with van der Waals surface area (Å²) in [5.41, 5.74) is 2.15. The molecule has 0 bridgehead atoms. The van der Waals surface area contributed by atoms with E-state index in [1.54, 1.807) is 6.07 Å². The molecule has 0 N–H and O–H groups in total. The van der Waals surface area contributed by atoms with Gasteiger partial charge in [0.1, 0.15) is 12.4 Å². The topological polar surface area (TPSA) is 32.8 Å². The fourth-order valence-electron chi connectivity index (χ4n) is 3.42. The highest BCUT2D eigenvalue weighted by atomic mass is 35.5. The summed E-state index contributed by atoms with van der Waals surface area (Å²) in [5.74, 6) is 1.21. The van der Waals surface area contributed by atoms with E-state index in [1.165, 1.54) is 5.56 Å². The van der Waals surface area contributed by atoms with Gasteiger partial charge in [0, 0.05) is 43.3 Å². The lowest BCUT2D eigenvalue weighted by Crippen LogP contribution is -2.53. The molecule has 0 aliphatic carbocycles. The molecule has 4 nitrogen and oxygen atoms in total. The van der Waals surface area contributed by atoms with Crippen LogP contribution in [0.2, 0.25) is 10.0 Å². The first-order valence-electron chi connectivity index (χ1n) is 9.58. The fraction of sp³-hybridized carbons (Fsp3) is 0.409. The van der Waals surface area contributed by atoms with Gasteiger partial charge in [0.05, 0.1) is 5.92 Å². The average Bonchev–Trinajstić information content (AvgIpc) is 2.62. The molecule has 1 heterocycles. The Balaban J connectivity index is 1.44. The van der Waals surface area contributed by atoms with Gasteiger partial charge in [-0.05, 0) is 47.9 Å². The number of halogens is 2. The van der Waals surface area contributed by atoms with E-state index < -0.39 is 0 Å². The largest absolute Gasteiger partial charge is 0.489 e. The van der Waals surface area contributed by atoms with Gasteiger partial charge in [-0.3, -0.25) is 9.69 Å². The number of hydrogen-bond donors (Lipinski definition) is 0. The van der Waals surface area contributed by atoms with Gasteiger partial charge in [0.2, 0.25) is 5.91 Å². The lowest BCUT2D eigenvalue weighted by molar-refractivity contribution is -0.140. The van der Waals surface area contributed by atoms with Gasteiger partial charge in [-0.1, -0.05) is 42.3 Å². The predicted molar refractivity (Wildman–Crippen MR) is 114 cm³/mol. The Morgan fingerprint density at radius 2 is 1.75 bits per heavy atom. The van der Waals surface area contributed by atoms with E-state index in [4.69, 9.17) is 27.9 Å². The van der Waals surface area contributed by atoms with E-state index in [-0.39, 0.29) is 11.8 Å². The molecular formula is C22H26Cl2N2O2. The summed E-state index contributed by atoms with van der Waals surface area (Å²) in [6.45, 7) is 5.86. The van der Waals surface area contributed by atoms with Crippen LogP contribution in [0, 0.1) is 5.92 Å². The van der Waals surface area contributed by atoms with Crippen molar-refractivity contribution in [2.45, 2.75) is 26.5 Å². The predicted octanol–water partition coefficient (Wildman–Crippen LogP) is 4.87. The van der Waals surface area contributed by atoms with Crippen molar-refractivity contribution in [3.63, 3.8) is 0 Å². The van der Waals surface area contributed by atoms with Crippen molar-refractivity contribution in [1.82, 2.24) is 9.80 Å². The third-order valence-corrected chi connectivity index (χ3v) is 5.34. The highest BCUT2D eigenvalue weighted by Gasteiger charge is 2.33. The standard InChI is InChI=1S/C22H26Cl2N2O2/c1-3-8-25(2)22(27)18-13-26(14-18)12-16-4-6-21(7-5-16)28-15-17-9-19(23)11-20(24)10-17/h4-7,9-11,18H,3,8,12-15H2,1-2H3. The molecule has 1 aliphatic heterocycles. The van der Waals surface area contributed by atoms with Crippen LogP contribution in [0.4, 0.5) is 0 Å². The van der Waals surface area contributed by atoms with Crippen molar-refractivity contribution in [1.29, 1.82) is 0 Å². The molecule has 6 heteroatoms. The molecule has 0 unspecified atom stereocenters. The van der Waals surface area contributed by atoms with Gasteiger partial charge in [-0.25, -0.2) is 0 Å². The van der Waals surface area contributed by atoms with E-state index in [0.717, 1.165) is 43.9 Å². The molecule has 0 aromatic heterocycles. The molecule has 0 saturated carbocycles. The highest BCUT2D eigenvalue weighted by Crippen LogP contribution is 2.23. The molecule has 1 aliphatic rings. The van der Waals surface area contributed by atoms with Crippen LogP contribution in [-0.4, -0.2) is 42.4 Å². The number of amides is 1. The van der Waals surface area contributed by atoms with Crippen molar-refractivity contribution in [3.8, 4) is 5.75 Å². The van der Waals surface area contributed by atoms with Crippen LogP contribution in [0.3, 0.4) is 0 Å². The van der Waals surface area contributed by atoms with Gasteiger partial charge >= 0.3 is 0 Å². The maximum atomic E-state index is 12.3. The van der Waals surface area contributed by atoms with E-state index in [0.29, 0.717) is 16.7 Å². The number of nitrogens with zero attached hydrogens (tertiary/aromatic N) is 2. The zero-order valence-electron chi connectivity index (χ0n) is 16.3. The number of ether oxygens (including phenoxy) is 1. The van der Waals surface area contributed by atoms with Crippen molar-refractivity contribution >= 4 is 29.1 Å². The lowest BCUT2D eigenvalue weighted by atomic mass is 9.97. The lowest BCUT2D eigenvalue weighted by Gasteiger charge is -2.40. The molecule has 2 aromatic rings. The summed E-state index contributed by atoms with van der Waals surface area (Å²) in [7, 11) is 1.89. The first-order chi connectivity index (χ1) is 13.4. The van der Waals surface area contributed by atoms with Gasteiger partial charge in [0.15, 0.2) is 0 Å². The Morgan fingerprint density at radius 1 is 1.11 bits per heavy atom. The monoisotopic (exact) mass is 420 g/mol. The molecular weight excluding hydrogens is 395 g/mol. The average molecular weight is 421 g/mol. The third-order valence-electron chi connectivity index (χ3n) is 4.90. The maximum absolute atomic E-state index is 12.3. The Morgan fingerprint density at radius 3 is 2.36 bits per heavy atom. The minimum atomic E-state index is 0.142. The number of benzene rings is 2. The van der Waals surface area contributed by atoms with Crippen LogP contribution in [0.15, 0.2) is 42.5 Å². The summed E-state index contributed by atoms with van der Waals surface area (Å²) < 4.78 is 5.82. The van der Waals surface area contributed by atoms with Crippen LogP contribution in [0.25, 0.3) is 0 Å². The van der Waals surface area contributed by atoms with E-state index in [1.807, 2.05) is 36.2 Å². The van der Waals surface area contributed by atoms with Crippen LogP contribution in [-0.2, 0) is 17.9 Å². The second-order valence-corrected chi connectivity index (χ2v) is 8.23. The summed E-state index contributed by atoms with van der Waals surface area (Å²) >= 11 is 12.0. The second-order valence-electron chi connectivity index (χ2n) is 7.36. The number of hydrogen-bond acceptors (Lipinski definition) is 3. The SMILES string of the molecule is CCCN(C)C(=O)C1CN(Cc2ccc(OCc3cc(Cl)cc(Cl)c3)cc2)C1. The molecule has 1 saturated heterocycles. The number of rotatable bonds is 8. The summed E-state index contributed by atoms with van der Waals surface area (Å²) in [6, 6.07) is 13.5. The third kappa shape index (κ3) is 5.63. The minimum absolute atomic E-state index is 0.142. The van der Waals surface area contributed by atoms with Crippen molar-refractivity contribution in [2.75, 3.05) is 26.7 Å². The summed E-state index contributed by atoms with van der Waals surface area (Å²) in [5, 5.41) is 1.21. The van der Waals surface area contributed by atoms with Crippen molar-refractivity contribution in [3.05, 3.63) is 63.6 Å². The molecule has 150 valence electrons. The van der Waals surface area contributed by atoms with Gasteiger partial charge in [-0.2, -0.15) is 0 Å². The quantitative estimate of drug-likeness (QED) is 0.610. The summed E-state index contributed by atoms with van der Waals surface area (Å²) in [6.07, 6.45) is 0.997. The van der Waals surface area contributed by atoms with Crippen LogP contribution in [0.5, 0.6) is 5.75 Å². The zero-order valence-corrected chi connectivity index (χ0v) is 17.8. The first-order valence-corrected chi connectivity index (χ1v) is 10.3. The van der Waals surface area contributed by atoms with E-state index in [2.05, 4.69) is 24.0 Å². The van der Waals surface area contributed by atoms with E-state index >= 15 is 0 Å². The molecule has 1 fully saturated rings. The maximum Gasteiger partial charge on any atom is 0.228 e. The molecule has 0 atom stereocenters. The Bertz CT molecular complexity index is 784. The van der Waals surface area contributed by atoms with Gasteiger partial charge in [-0.15, -0.1) is 0 Å². The van der Waals surface area contributed by atoms with Crippen LogP contribution >= 0.6 is 23.2 Å². The second kappa shape index (κ2) is 9.64. The minimum Gasteiger partial charge on any atom is -0.489 e. The van der Waals surface area contributed by atoms with Gasteiger partial charge in [0.25, 0.3) is 0 Å². The van der Waals surface area contributed by atoms with Crippen LogP contribution < -0.4 is 4.74 Å². The van der Waals surface area contributed by atoms with Gasteiger partial charge < -0.3 is 9.64 Å². The molecule has 2 aromatic carbocycles. The number of likely N-dealkylation sites (tertiary alicyclic amines) is 1. The Hall–Kier alpha value is -1.75. The normalized spacial score (nSPS) is 14.6. The van der Waals surface area contributed by atoms with Crippen molar-refractivity contribution < 1.29 is 9.53 Å². The molecule has 28 heavy (non-hydrogen) atoms. The summed E-state index contributed by atoms with van der Waals surface area (Å²) in [4.78, 5) is 16.4. The highest BCUT2D eigenvalue weighted by molar-refractivity contribution is 6.34. The molecule has 1 amide bonds. The molecule has 0 radical (unpaired) electrons. The Labute approximate surface area is 177 Å². The zero-order chi connectivity index (χ0) is 20.1. The van der Waals surface area contributed by atoms with E-state index in [9.17, 15) is 4.79 Å². The number of carbonyl (C=O) groups excluding carboxylic acids is 1. The fourth-order valence-corrected chi connectivity index (χ4v) is 3.99. The molecule has 0 spiro atoms. The van der Waals surface area contributed by atoms with Crippen molar-refractivity contribution in [2.24, 2.45) is 5.92 Å².